The molecule has 1 saturated carbocycles. The number of nitrogens with zero attached hydrogens (tertiary/aromatic N) is 5. The average molecular weight is 590 g/mol. The molecule has 4 heterocycles. The molecule has 0 bridgehead atoms. The summed E-state index contributed by atoms with van der Waals surface area (Å²) in [5.41, 5.74) is 6.80. The number of piperazine rings is 1. The Hall–Kier alpha value is -4.56. The van der Waals surface area contributed by atoms with Gasteiger partial charge in [0.05, 0.1) is 16.7 Å². The molecule has 1 saturated heterocycles. The van der Waals surface area contributed by atoms with Gasteiger partial charge in [-0.15, -0.1) is 0 Å². The Balaban J connectivity index is 1.18. The minimum atomic E-state index is -0.471. The summed E-state index contributed by atoms with van der Waals surface area (Å²) in [5, 5.41) is 7.50. The van der Waals surface area contributed by atoms with E-state index in [1.165, 1.54) is 12.8 Å². The fourth-order valence-corrected chi connectivity index (χ4v) is 6.40. The maximum atomic E-state index is 13.9. The molecule has 216 valence electrons. The first-order valence-corrected chi connectivity index (χ1v) is 15.4. The molecule has 5 aromatic rings. The molecule has 2 fully saturated rings. The first kappa shape index (κ1) is 26.1. The fraction of sp³-hybridized carbons (Fsp3) is 0.265. The van der Waals surface area contributed by atoms with Gasteiger partial charge in [-0.1, -0.05) is 29.8 Å². The zero-order valence-electron chi connectivity index (χ0n) is 23.7. The van der Waals surface area contributed by atoms with Crippen LogP contribution in [0.1, 0.15) is 24.4 Å². The van der Waals surface area contributed by atoms with Crippen molar-refractivity contribution < 1.29 is 4.79 Å². The lowest BCUT2D eigenvalue weighted by Crippen LogP contribution is -2.46. The molecule has 2 N–H and O–H groups in total. The normalized spacial score (nSPS) is 18.2. The molecule has 2 aliphatic heterocycles. The van der Waals surface area contributed by atoms with Crippen molar-refractivity contribution in [1.82, 2.24) is 14.5 Å². The van der Waals surface area contributed by atoms with E-state index in [0.717, 1.165) is 77.0 Å². The SMILES string of the molecule is O=C1Nc2ccc(NC3CC3)cc2-c2nc3cc(N4CCN(c5ccccn5)CC4)ccc3n2C1Cc1ccc(Cl)cc1. The van der Waals surface area contributed by atoms with Gasteiger partial charge in [0.2, 0.25) is 5.91 Å². The maximum Gasteiger partial charge on any atom is 0.247 e. The summed E-state index contributed by atoms with van der Waals surface area (Å²) in [7, 11) is 0. The number of aromatic nitrogens is 3. The van der Waals surface area contributed by atoms with Crippen LogP contribution < -0.4 is 20.4 Å². The van der Waals surface area contributed by atoms with Gasteiger partial charge in [0.1, 0.15) is 17.7 Å². The Kier molecular flexibility index (Phi) is 6.44. The van der Waals surface area contributed by atoms with E-state index in [0.29, 0.717) is 17.5 Å². The highest BCUT2D eigenvalue weighted by molar-refractivity contribution is 6.30. The van der Waals surface area contributed by atoms with Gasteiger partial charge in [-0.2, -0.15) is 0 Å². The number of fused-ring (bicyclic) bond motifs is 5. The van der Waals surface area contributed by atoms with Crippen LogP contribution in [-0.4, -0.2) is 52.7 Å². The second-order valence-corrected chi connectivity index (χ2v) is 12.1. The molecule has 8 nitrogen and oxygen atoms in total. The number of halogens is 1. The predicted molar refractivity (Wildman–Crippen MR) is 173 cm³/mol. The largest absolute Gasteiger partial charge is 0.382 e. The van der Waals surface area contributed by atoms with Crippen molar-refractivity contribution in [2.24, 2.45) is 0 Å². The van der Waals surface area contributed by atoms with Crippen molar-refractivity contribution in [2.75, 3.05) is 46.6 Å². The molecule has 3 aliphatic rings. The minimum Gasteiger partial charge on any atom is -0.382 e. The lowest BCUT2D eigenvalue weighted by Gasteiger charge is -2.36. The number of carbonyl (C=O) groups is 1. The Morgan fingerprint density at radius 2 is 1.72 bits per heavy atom. The van der Waals surface area contributed by atoms with E-state index in [1.54, 1.807) is 0 Å². The minimum absolute atomic E-state index is 0.0492. The molecular formula is C34H32ClN7O. The molecular weight excluding hydrogens is 558 g/mol. The molecule has 1 unspecified atom stereocenters. The average Bonchev–Trinajstić information content (AvgIpc) is 3.80. The third kappa shape index (κ3) is 5.06. The monoisotopic (exact) mass is 589 g/mol. The third-order valence-electron chi connectivity index (χ3n) is 8.71. The first-order valence-electron chi connectivity index (χ1n) is 15.0. The summed E-state index contributed by atoms with van der Waals surface area (Å²) >= 11 is 6.17. The second kappa shape index (κ2) is 10.6. The predicted octanol–water partition coefficient (Wildman–Crippen LogP) is 6.39. The van der Waals surface area contributed by atoms with Gasteiger partial charge in [-0.3, -0.25) is 4.79 Å². The van der Waals surface area contributed by atoms with Crippen molar-refractivity contribution in [3.63, 3.8) is 0 Å². The number of hydrogen-bond donors (Lipinski definition) is 2. The number of amides is 1. The topological polar surface area (TPSA) is 78.3 Å². The summed E-state index contributed by atoms with van der Waals surface area (Å²) in [6.45, 7) is 3.61. The summed E-state index contributed by atoms with van der Waals surface area (Å²) < 4.78 is 2.13. The van der Waals surface area contributed by atoms with Crippen molar-refractivity contribution in [1.29, 1.82) is 0 Å². The molecule has 3 aromatic carbocycles. The van der Waals surface area contributed by atoms with Crippen LogP contribution in [0.25, 0.3) is 22.4 Å². The molecule has 1 amide bonds. The number of benzene rings is 3. The van der Waals surface area contributed by atoms with Crippen LogP contribution in [-0.2, 0) is 11.2 Å². The van der Waals surface area contributed by atoms with Crippen molar-refractivity contribution in [3.05, 3.63) is 95.6 Å². The van der Waals surface area contributed by atoms with Crippen LogP contribution in [0, 0.1) is 0 Å². The fourth-order valence-electron chi connectivity index (χ4n) is 6.28. The van der Waals surface area contributed by atoms with E-state index in [-0.39, 0.29) is 5.91 Å². The van der Waals surface area contributed by atoms with Gasteiger partial charge in [0, 0.05) is 66.8 Å². The van der Waals surface area contributed by atoms with Crippen LogP contribution in [0.3, 0.4) is 0 Å². The lowest BCUT2D eigenvalue weighted by molar-refractivity contribution is -0.119. The van der Waals surface area contributed by atoms with Crippen LogP contribution in [0.2, 0.25) is 5.02 Å². The Morgan fingerprint density at radius 1 is 0.907 bits per heavy atom. The van der Waals surface area contributed by atoms with Gasteiger partial charge in [0.25, 0.3) is 0 Å². The highest BCUT2D eigenvalue weighted by Crippen LogP contribution is 2.40. The number of pyridine rings is 1. The summed E-state index contributed by atoms with van der Waals surface area (Å²) in [6.07, 6.45) is 4.75. The van der Waals surface area contributed by atoms with E-state index < -0.39 is 6.04 Å². The van der Waals surface area contributed by atoms with Crippen molar-refractivity contribution in [2.45, 2.75) is 31.3 Å². The first-order chi connectivity index (χ1) is 21.1. The summed E-state index contributed by atoms with van der Waals surface area (Å²) in [4.78, 5) is 28.4. The Bertz CT molecular complexity index is 1810. The Morgan fingerprint density at radius 3 is 2.49 bits per heavy atom. The van der Waals surface area contributed by atoms with Crippen LogP contribution >= 0.6 is 11.6 Å². The van der Waals surface area contributed by atoms with Crippen molar-refractivity contribution >= 4 is 51.4 Å². The van der Waals surface area contributed by atoms with E-state index in [1.807, 2.05) is 54.7 Å². The quantitative estimate of drug-likeness (QED) is 0.239. The zero-order chi connectivity index (χ0) is 28.9. The van der Waals surface area contributed by atoms with E-state index in [9.17, 15) is 4.79 Å². The summed E-state index contributed by atoms with van der Waals surface area (Å²) in [6, 6.07) is 26.5. The second-order valence-electron chi connectivity index (χ2n) is 11.7. The number of carbonyl (C=O) groups excluding carboxylic acids is 1. The number of rotatable bonds is 6. The zero-order valence-corrected chi connectivity index (χ0v) is 24.5. The number of imidazole rings is 1. The standard InChI is InChI=1S/C34H32ClN7O/c35-23-6-4-22(5-7-23)19-31-34(43)39-28-12-10-25(37-24-8-9-24)20-27(28)33-38-29-21-26(11-13-30(29)42(31)33)40-15-17-41(18-16-40)32-3-1-2-14-36-32/h1-7,10-14,20-21,24,31,37H,8-9,15-19H2,(H,39,43). The maximum absolute atomic E-state index is 13.9. The molecule has 1 aliphatic carbocycles. The molecule has 0 radical (unpaired) electrons. The van der Waals surface area contributed by atoms with E-state index >= 15 is 0 Å². The Labute approximate surface area is 255 Å². The van der Waals surface area contributed by atoms with E-state index in [4.69, 9.17) is 16.6 Å². The van der Waals surface area contributed by atoms with Crippen LogP contribution in [0.5, 0.6) is 0 Å². The molecule has 8 rings (SSSR count). The number of nitrogens with one attached hydrogen (secondary N) is 2. The van der Waals surface area contributed by atoms with Gasteiger partial charge in [-0.05, 0) is 79.1 Å². The van der Waals surface area contributed by atoms with E-state index in [2.05, 4.69) is 60.3 Å². The van der Waals surface area contributed by atoms with Crippen molar-refractivity contribution in [3.8, 4) is 11.4 Å². The number of anilines is 4. The van der Waals surface area contributed by atoms with Gasteiger partial charge < -0.3 is 25.0 Å². The van der Waals surface area contributed by atoms with Gasteiger partial charge in [-0.25, -0.2) is 9.97 Å². The summed E-state index contributed by atoms with van der Waals surface area (Å²) in [5.74, 6) is 1.78. The molecule has 43 heavy (non-hydrogen) atoms. The molecule has 1 atom stereocenters. The lowest BCUT2D eigenvalue weighted by atomic mass is 10.0. The molecule has 2 aromatic heterocycles. The smallest absolute Gasteiger partial charge is 0.247 e. The van der Waals surface area contributed by atoms with Gasteiger partial charge in [0.15, 0.2) is 0 Å². The third-order valence-corrected chi connectivity index (χ3v) is 8.97. The number of hydrogen-bond acceptors (Lipinski definition) is 6. The molecule has 0 spiro atoms. The van der Waals surface area contributed by atoms with Gasteiger partial charge >= 0.3 is 0 Å². The van der Waals surface area contributed by atoms with Crippen LogP contribution in [0.15, 0.2) is 85.1 Å². The van der Waals surface area contributed by atoms with Crippen LogP contribution in [0.4, 0.5) is 22.9 Å². The highest BCUT2D eigenvalue weighted by atomic mass is 35.5. The molecule has 9 heteroatoms. The highest BCUT2D eigenvalue weighted by Gasteiger charge is 2.32.